The molecule has 4 radical (unpaired) electrons. The van der Waals surface area contributed by atoms with Crippen molar-refractivity contribution < 1.29 is 115 Å². The second-order valence-electron chi connectivity index (χ2n) is 15.6. The van der Waals surface area contributed by atoms with Gasteiger partial charge in [-0.1, -0.05) is 12.1 Å². The highest BCUT2D eigenvalue weighted by Gasteiger charge is 2.49. The minimum absolute atomic E-state index is 0.0186. The molecule has 2 aromatic carbocycles. The van der Waals surface area contributed by atoms with Crippen LogP contribution in [0.15, 0.2) is 36.4 Å². The summed E-state index contributed by atoms with van der Waals surface area (Å²) in [5.74, 6) is -7.39. The van der Waals surface area contributed by atoms with Gasteiger partial charge in [0.25, 0.3) is 11.8 Å². The third-order valence-electron chi connectivity index (χ3n) is 10.5. The average molecular weight is 1130 g/mol. The highest BCUT2D eigenvalue weighted by atomic mass is 127. The number of carboxylic acid groups (broad SMARTS) is 2. The number of halogens is 1. The van der Waals surface area contributed by atoms with Crippen LogP contribution < -0.4 is 20.1 Å². The highest BCUT2D eigenvalue weighted by Crippen LogP contribution is 2.30. The highest BCUT2D eigenvalue weighted by molar-refractivity contribution is 14.1. The third kappa shape index (κ3) is 18.6. The Bertz CT molecular complexity index is 1980. The molecule has 0 aliphatic carbocycles. The number of hydrogen-bond donors (Lipinski definition) is 10. The monoisotopic (exact) mass is 1130 g/mol. The van der Waals surface area contributed by atoms with Crippen LogP contribution in [-0.2, 0) is 59.0 Å². The molecule has 72 heavy (non-hydrogen) atoms. The summed E-state index contributed by atoms with van der Waals surface area (Å²) in [6.45, 7) is 1.91. The molecule has 394 valence electrons. The van der Waals surface area contributed by atoms with Crippen molar-refractivity contribution in [1.82, 2.24) is 15.5 Å². The molecule has 0 bridgehead atoms. The summed E-state index contributed by atoms with van der Waals surface area (Å²) in [4.78, 5) is 74.4. The number of rotatable bonds is 30. The van der Waals surface area contributed by atoms with E-state index in [1.807, 2.05) is 4.90 Å². The average Bonchev–Trinajstić information content (AvgIpc) is 3.34. The first-order valence-corrected chi connectivity index (χ1v) is 22.7. The number of hydrogen-bond acceptors (Lipinski definition) is 23. The molecule has 2 amide bonds. The summed E-state index contributed by atoms with van der Waals surface area (Å²) in [6, 6.07) is 7.85. The van der Waals surface area contributed by atoms with Gasteiger partial charge in [0.1, 0.15) is 84.3 Å². The zero-order chi connectivity index (χ0) is 52.9. The molecule has 2 saturated heterocycles. The summed E-state index contributed by atoms with van der Waals surface area (Å²) in [5.41, 5.74) is 0.240. The van der Waals surface area contributed by atoms with E-state index in [4.69, 9.17) is 61.4 Å². The zero-order valence-electron chi connectivity index (χ0n) is 38.2. The minimum Gasteiger partial charge on any atom is -0.479 e. The lowest BCUT2D eigenvalue weighted by Gasteiger charge is -2.38. The lowest BCUT2D eigenvalue weighted by molar-refractivity contribution is -0.271. The lowest BCUT2D eigenvalue weighted by Crippen LogP contribution is -2.61. The van der Waals surface area contributed by atoms with Crippen LogP contribution in [0.25, 0.3) is 0 Å². The summed E-state index contributed by atoms with van der Waals surface area (Å²) < 4.78 is 53.4. The molecular formula is C42H54B2IN3O24. The first-order valence-electron chi connectivity index (χ1n) is 21.9. The van der Waals surface area contributed by atoms with E-state index in [0.29, 0.717) is 50.6 Å². The maximum atomic E-state index is 13.4. The van der Waals surface area contributed by atoms with Gasteiger partial charge in [0.05, 0.1) is 57.4 Å². The Morgan fingerprint density at radius 3 is 1.31 bits per heavy atom. The molecule has 2 heterocycles. The Morgan fingerprint density at radius 1 is 0.556 bits per heavy atom. The van der Waals surface area contributed by atoms with Crippen LogP contribution in [0.3, 0.4) is 0 Å². The fourth-order valence-corrected chi connectivity index (χ4v) is 6.91. The van der Waals surface area contributed by atoms with Crippen molar-refractivity contribution in [2.75, 3.05) is 79.0 Å². The minimum atomic E-state index is -1.98. The van der Waals surface area contributed by atoms with Crippen molar-refractivity contribution in [1.29, 1.82) is 0 Å². The molecule has 2 aromatic rings. The van der Waals surface area contributed by atoms with Crippen LogP contribution in [0, 0.1) is 0 Å². The number of aliphatic carboxylic acids is 2. The van der Waals surface area contributed by atoms with Gasteiger partial charge in [0.2, 0.25) is 40.0 Å². The molecule has 0 saturated carbocycles. The number of amides is 2. The molecule has 4 rings (SSSR count). The quantitative estimate of drug-likeness (QED) is 0.0208. The molecule has 2 aliphatic heterocycles. The summed E-state index contributed by atoms with van der Waals surface area (Å²) in [5, 5.41) is 85.6. The Balaban J connectivity index is 1.29. The van der Waals surface area contributed by atoms with Crippen molar-refractivity contribution in [3.8, 4) is 11.5 Å². The van der Waals surface area contributed by atoms with Gasteiger partial charge in [-0.2, -0.15) is 0 Å². The van der Waals surface area contributed by atoms with E-state index in [2.05, 4.69) is 10.6 Å². The van der Waals surface area contributed by atoms with Gasteiger partial charge in [-0.15, -0.1) is 0 Å². The largest absolute Gasteiger partial charge is 0.479 e. The molecule has 10 atom stereocenters. The van der Waals surface area contributed by atoms with Gasteiger partial charge in [-0.05, 0) is 35.4 Å². The SMILES string of the molecule is [B]C(=O)OCc1ccc(O[C@@H]2O[C@H](C(=O)O)[C@@H](O)[C@H](O)[C@H]2O)c(C(=O)NCCOCCN(CCOCCNC(=O)c2cc(COC([B])=O)ccc2O[C@@H]2O[C@H](C(=O)O)[C@@H](O)[C@H](O)[C@H]2O)CCOCCOI)c1. The van der Waals surface area contributed by atoms with Crippen molar-refractivity contribution in [3.63, 3.8) is 0 Å². The molecule has 2 fully saturated rings. The fraction of sp³-hybridized carbons (Fsp3) is 0.571. The Hall–Kier alpha value is -4.80. The predicted octanol–water partition coefficient (Wildman–Crippen LogP) is -3.28. The number of aliphatic hydroxyl groups excluding tert-OH is 6. The molecule has 0 spiro atoms. The number of benzene rings is 2. The zero-order valence-corrected chi connectivity index (χ0v) is 40.4. The maximum absolute atomic E-state index is 13.4. The number of nitrogens with one attached hydrogen (secondary N) is 2. The molecule has 2 aliphatic rings. The van der Waals surface area contributed by atoms with E-state index >= 15 is 0 Å². The number of carbonyl (C=O) groups excluding carboxylic acids is 4. The molecular weight excluding hydrogens is 1080 g/mol. The van der Waals surface area contributed by atoms with Gasteiger partial charge in [-0.25, -0.2) is 9.59 Å². The normalized spacial score (nSPS) is 23.9. The Labute approximate surface area is 427 Å². The summed E-state index contributed by atoms with van der Waals surface area (Å²) in [7, 11) is 10.1. The molecule has 27 nitrogen and oxygen atoms in total. The smallest absolute Gasteiger partial charge is 0.335 e. The van der Waals surface area contributed by atoms with Crippen LogP contribution >= 0.6 is 23.0 Å². The molecule has 0 unspecified atom stereocenters. The number of carboxylic acids is 2. The van der Waals surface area contributed by atoms with Crippen molar-refractivity contribution in [2.24, 2.45) is 0 Å². The van der Waals surface area contributed by atoms with E-state index < -0.39 is 96.9 Å². The van der Waals surface area contributed by atoms with Crippen molar-refractivity contribution in [2.45, 2.75) is 74.6 Å². The molecule has 30 heteroatoms. The first kappa shape index (κ1) is 59.8. The first-order chi connectivity index (χ1) is 34.3. The van der Waals surface area contributed by atoms with Crippen LogP contribution in [0.1, 0.15) is 31.8 Å². The molecule has 10 N–H and O–H groups in total. The third-order valence-corrected chi connectivity index (χ3v) is 10.9. The Kier molecular flexibility index (Phi) is 25.2. The van der Waals surface area contributed by atoms with E-state index in [9.17, 15) is 69.6 Å². The number of carbonyl (C=O) groups is 6. The second-order valence-corrected chi connectivity index (χ2v) is 16.2. The van der Waals surface area contributed by atoms with Gasteiger partial charge >= 0.3 is 11.9 Å². The standard InChI is InChI=1S/C42H54B2IN3O24/c43-41(61)66-19-21-1-3-25(69-39-31(53)27(49)29(51)33(71-39)37(57)58)23(17-21)35(55)46-5-10-63-12-7-48(9-14-65-15-16-68-45)8-13-64-11-6-47-36(56)24-18-22(20-67-42(44)62)2-4-26(24)70-40-32(54)28(50)30(52)34(72-40)38(59)60/h1-4,17-18,27-34,39-40,49-54H,5-16,19-20H2,(H,46,55)(H,47,56)(H,57,58)(H,59,60)/t27-,28-,29-,30-,31+,32+,33-,34-,39+,40+/m0/s1. The summed E-state index contributed by atoms with van der Waals surface area (Å²) >= 11 is 1.75. The fourth-order valence-electron chi connectivity index (χ4n) is 6.73. The van der Waals surface area contributed by atoms with Gasteiger partial charge in [0, 0.05) is 32.7 Å². The molecule has 0 aromatic heterocycles. The number of ether oxygens (including phenoxy) is 9. The maximum Gasteiger partial charge on any atom is 0.335 e. The van der Waals surface area contributed by atoms with Crippen molar-refractivity contribution >= 4 is 74.2 Å². The predicted molar refractivity (Wildman–Crippen MR) is 248 cm³/mol. The van der Waals surface area contributed by atoms with E-state index in [-0.39, 0.29) is 75.4 Å². The number of nitrogens with zero attached hydrogens (tertiary/aromatic N) is 1. The second kappa shape index (κ2) is 30.4. The Morgan fingerprint density at radius 2 is 0.944 bits per heavy atom. The van der Waals surface area contributed by atoms with Crippen LogP contribution in [0.2, 0.25) is 0 Å². The van der Waals surface area contributed by atoms with E-state index in [1.165, 1.54) is 36.4 Å². The van der Waals surface area contributed by atoms with Gasteiger partial charge < -0.3 is 97.2 Å². The van der Waals surface area contributed by atoms with Gasteiger partial charge in [-0.3, -0.25) is 24.1 Å². The van der Waals surface area contributed by atoms with E-state index in [0.717, 1.165) is 0 Å². The van der Waals surface area contributed by atoms with Crippen LogP contribution in [0.5, 0.6) is 11.5 Å². The van der Waals surface area contributed by atoms with Gasteiger partial charge in [0.15, 0.2) is 12.2 Å². The topological polar surface area (TPSA) is 384 Å². The van der Waals surface area contributed by atoms with Crippen LogP contribution in [-0.4, -0.2) is 237 Å². The summed E-state index contributed by atoms with van der Waals surface area (Å²) in [6.07, 6.45) is -19.4. The van der Waals surface area contributed by atoms with Crippen LogP contribution in [0.4, 0.5) is 9.59 Å². The van der Waals surface area contributed by atoms with E-state index in [1.54, 1.807) is 23.0 Å². The lowest BCUT2D eigenvalue weighted by atomic mass is 9.99. The van der Waals surface area contributed by atoms with Crippen molar-refractivity contribution in [3.05, 3.63) is 58.7 Å². The number of aliphatic hydroxyl groups is 6.